The lowest BCUT2D eigenvalue weighted by Gasteiger charge is -2.19. The van der Waals surface area contributed by atoms with Crippen molar-refractivity contribution in [1.82, 2.24) is 4.98 Å². The van der Waals surface area contributed by atoms with Gasteiger partial charge in [0, 0.05) is 11.8 Å². The van der Waals surface area contributed by atoms with Crippen molar-refractivity contribution in [1.29, 1.82) is 0 Å². The number of ether oxygens (including phenoxy) is 4. The summed E-state index contributed by atoms with van der Waals surface area (Å²) in [7, 11) is 3.18. The third-order valence-corrected chi connectivity index (χ3v) is 4.05. The Kier molecular flexibility index (Phi) is 7.84. The van der Waals surface area contributed by atoms with Gasteiger partial charge in [0.1, 0.15) is 11.4 Å². The minimum atomic E-state index is -0.722. The molecule has 0 amide bonds. The Morgan fingerprint density at radius 3 is 2.48 bits per heavy atom. The van der Waals surface area contributed by atoms with Crippen LogP contribution in [-0.4, -0.2) is 42.5 Å². The van der Waals surface area contributed by atoms with Gasteiger partial charge in [-0.3, -0.25) is 4.98 Å². The minimum Gasteiger partial charge on any atom is -0.493 e. The van der Waals surface area contributed by atoms with Crippen LogP contribution in [0.4, 0.5) is 0 Å². The molecule has 2 rings (SSSR count). The molecule has 1 atom stereocenters. The maximum Gasteiger partial charge on any atom is 0.344 e. The Bertz CT molecular complexity index is 815. The SMILES string of the molecule is COc1ccc(CC[C@@H](O)c2cncc(OCC(=O)OC(C)(C)C)c2)cc1OC. The second kappa shape index (κ2) is 10.1. The van der Waals surface area contributed by atoms with E-state index in [1.807, 2.05) is 18.2 Å². The largest absolute Gasteiger partial charge is 0.493 e. The fourth-order valence-corrected chi connectivity index (χ4v) is 2.72. The smallest absolute Gasteiger partial charge is 0.344 e. The summed E-state index contributed by atoms with van der Waals surface area (Å²) in [6.07, 6.45) is 3.49. The molecule has 0 aliphatic heterocycles. The van der Waals surface area contributed by atoms with E-state index >= 15 is 0 Å². The van der Waals surface area contributed by atoms with E-state index < -0.39 is 17.7 Å². The summed E-state index contributed by atoms with van der Waals surface area (Å²) < 4.78 is 21.2. The number of benzene rings is 1. The average molecular weight is 403 g/mol. The van der Waals surface area contributed by atoms with Gasteiger partial charge < -0.3 is 24.1 Å². The van der Waals surface area contributed by atoms with Gasteiger partial charge in [-0.15, -0.1) is 0 Å². The van der Waals surface area contributed by atoms with Gasteiger partial charge in [-0.1, -0.05) is 6.07 Å². The van der Waals surface area contributed by atoms with Crippen LogP contribution in [0.25, 0.3) is 0 Å². The molecule has 1 aromatic carbocycles. The Labute approximate surface area is 171 Å². The number of aliphatic hydroxyl groups excluding tert-OH is 1. The fraction of sp³-hybridized carbons (Fsp3) is 0.455. The van der Waals surface area contributed by atoms with Crippen molar-refractivity contribution >= 4 is 5.97 Å². The second-order valence-corrected chi connectivity index (χ2v) is 7.57. The highest BCUT2D eigenvalue weighted by Gasteiger charge is 2.17. The summed E-state index contributed by atoms with van der Waals surface area (Å²) in [6.45, 7) is 5.16. The first-order valence-corrected chi connectivity index (χ1v) is 9.40. The molecule has 0 radical (unpaired) electrons. The molecule has 0 saturated carbocycles. The number of hydrogen-bond donors (Lipinski definition) is 1. The number of carbonyl (C=O) groups excluding carboxylic acids is 1. The summed E-state index contributed by atoms with van der Waals surface area (Å²) in [4.78, 5) is 15.9. The summed E-state index contributed by atoms with van der Waals surface area (Å²) >= 11 is 0. The number of rotatable bonds is 9. The van der Waals surface area contributed by atoms with Crippen LogP contribution in [0, 0.1) is 0 Å². The molecule has 29 heavy (non-hydrogen) atoms. The van der Waals surface area contributed by atoms with Gasteiger partial charge in [0.2, 0.25) is 0 Å². The number of nitrogens with zero attached hydrogens (tertiary/aromatic N) is 1. The number of hydrogen-bond acceptors (Lipinski definition) is 7. The quantitative estimate of drug-likeness (QED) is 0.641. The molecule has 1 aromatic heterocycles. The average Bonchev–Trinajstić information content (AvgIpc) is 2.69. The van der Waals surface area contributed by atoms with E-state index in [0.717, 1.165) is 5.56 Å². The molecule has 0 spiro atoms. The maximum absolute atomic E-state index is 11.8. The Morgan fingerprint density at radius 1 is 1.10 bits per heavy atom. The van der Waals surface area contributed by atoms with Crippen LogP contribution in [0.15, 0.2) is 36.7 Å². The van der Waals surface area contributed by atoms with E-state index in [1.54, 1.807) is 47.3 Å². The number of pyridine rings is 1. The highest BCUT2D eigenvalue weighted by atomic mass is 16.6. The molecule has 0 aliphatic rings. The molecule has 7 nitrogen and oxygen atoms in total. The second-order valence-electron chi connectivity index (χ2n) is 7.57. The van der Waals surface area contributed by atoms with Crippen LogP contribution in [0.5, 0.6) is 17.2 Å². The standard InChI is InChI=1S/C22H29NO6/c1-22(2,3)29-21(25)14-28-17-11-16(12-23-13-17)18(24)8-6-15-7-9-19(26-4)20(10-15)27-5/h7,9-13,18,24H,6,8,14H2,1-5H3/t18-/m1/s1. The summed E-state index contributed by atoms with van der Waals surface area (Å²) in [6, 6.07) is 7.35. The van der Waals surface area contributed by atoms with Crippen LogP contribution >= 0.6 is 0 Å². The van der Waals surface area contributed by atoms with E-state index in [2.05, 4.69) is 4.98 Å². The van der Waals surface area contributed by atoms with Crippen molar-refractivity contribution in [2.75, 3.05) is 20.8 Å². The van der Waals surface area contributed by atoms with Gasteiger partial charge in [-0.2, -0.15) is 0 Å². The van der Waals surface area contributed by atoms with Gasteiger partial charge in [0.15, 0.2) is 18.1 Å². The minimum absolute atomic E-state index is 0.218. The third kappa shape index (κ3) is 7.27. The monoisotopic (exact) mass is 403 g/mol. The molecule has 2 aromatic rings. The Balaban J connectivity index is 1.93. The normalized spacial score (nSPS) is 12.2. The van der Waals surface area contributed by atoms with Gasteiger partial charge in [-0.05, 0) is 57.4 Å². The summed E-state index contributed by atoms with van der Waals surface area (Å²) in [5, 5.41) is 10.5. The van der Waals surface area contributed by atoms with Gasteiger partial charge in [0.25, 0.3) is 0 Å². The van der Waals surface area contributed by atoms with Crippen LogP contribution in [-0.2, 0) is 16.0 Å². The lowest BCUT2D eigenvalue weighted by atomic mass is 10.0. The summed E-state index contributed by atoms with van der Waals surface area (Å²) in [5.74, 6) is 1.25. The van der Waals surface area contributed by atoms with Crippen LogP contribution < -0.4 is 14.2 Å². The zero-order chi connectivity index (χ0) is 21.4. The molecule has 0 aliphatic carbocycles. The number of aryl methyl sites for hydroxylation is 1. The molecular weight excluding hydrogens is 374 g/mol. The Hall–Kier alpha value is -2.80. The van der Waals surface area contributed by atoms with Crippen molar-refractivity contribution < 1.29 is 28.8 Å². The number of esters is 1. The van der Waals surface area contributed by atoms with E-state index in [4.69, 9.17) is 18.9 Å². The van der Waals surface area contributed by atoms with Crippen molar-refractivity contribution in [2.45, 2.75) is 45.3 Å². The number of aromatic nitrogens is 1. The number of aliphatic hydroxyl groups is 1. The van der Waals surface area contributed by atoms with Crippen LogP contribution in [0.2, 0.25) is 0 Å². The van der Waals surface area contributed by atoms with Crippen molar-refractivity contribution in [3.05, 3.63) is 47.8 Å². The van der Waals surface area contributed by atoms with Crippen LogP contribution in [0.1, 0.15) is 44.4 Å². The highest BCUT2D eigenvalue weighted by Crippen LogP contribution is 2.29. The molecule has 158 valence electrons. The number of methoxy groups -OCH3 is 2. The molecule has 7 heteroatoms. The first kappa shape index (κ1) is 22.5. The topological polar surface area (TPSA) is 87.1 Å². The van der Waals surface area contributed by atoms with E-state index in [-0.39, 0.29) is 6.61 Å². The van der Waals surface area contributed by atoms with Crippen molar-refractivity contribution in [2.24, 2.45) is 0 Å². The van der Waals surface area contributed by atoms with E-state index in [1.165, 1.54) is 6.20 Å². The molecule has 1 N–H and O–H groups in total. The first-order chi connectivity index (χ1) is 13.7. The highest BCUT2D eigenvalue weighted by molar-refractivity contribution is 5.71. The van der Waals surface area contributed by atoms with Gasteiger partial charge in [0.05, 0.1) is 26.5 Å². The molecule has 0 bridgehead atoms. The van der Waals surface area contributed by atoms with Gasteiger partial charge in [-0.25, -0.2) is 4.79 Å². The van der Waals surface area contributed by atoms with E-state index in [0.29, 0.717) is 35.7 Å². The van der Waals surface area contributed by atoms with Crippen molar-refractivity contribution in [3.63, 3.8) is 0 Å². The lowest BCUT2D eigenvalue weighted by Crippen LogP contribution is -2.27. The molecule has 0 saturated heterocycles. The lowest BCUT2D eigenvalue weighted by molar-refractivity contribution is -0.157. The Morgan fingerprint density at radius 2 is 1.83 bits per heavy atom. The molecular formula is C22H29NO6. The van der Waals surface area contributed by atoms with Crippen LogP contribution in [0.3, 0.4) is 0 Å². The summed E-state index contributed by atoms with van der Waals surface area (Å²) in [5.41, 5.74) is 1.07. The number of carbonyl (C=O) groups is 1. The molecule has 0 fully saturated rings. The van der Waals surface area contributed by atoms with Gasteiger partial charge >= 0.3 is 5.97 Å². The third-order valence-electron chi connectivity index (χ3n) is 4.05. The molecule has 1 heterocycles. The molecule has 0 unspecified atom stereocenters. The predicted molar refractivity (Wildman–Crippen MR) is 108 cm³/mol. The fourth-order valence-electron chi connectivity index (χ4n) is 2.72. The zero-order valence-corrected chi connectivity index (χ0v) is 17.6. The van der Waals surface area contributed by atoms with E-state index in [9.17, 15) is 9.90 Å². The zero-order valence-electron chi connectivity index (χ0n) is 17.6. The predicted octanol–water partition coefficient (Wildman–Crippen LogP) is 3.49. The maximum atomic E-state index is 11.8. The first-order valence-electron chi connectivity index (χ1n) is 9.40. The van der Waals surface area contributed by atoms with Crippen molar-refractivity contribution in [3.8, 4) is 17.2 Å².